The van der Waals surface area contributed by atoms with Crippen molar-refractivity contribution in [3.8, 4) is 0 Å². The molecule has 0 saturated carbocycles. The molecule has 1 aliphatic rings. The fourth-order valence-corrected chi connectivity index (χ4v) is 5.07. The Hall–Kier alpha value is -2.10. The molecule has 4 rings (SSSR count). The van der Waals surface area contributed by atoms with E-state index in [4.69, 9.17) is 4.74 Å². The molecule has 3 nitrogen and oxygen atoms in total. The second-order valence-corrected chi connectivity index (χ2v) is 9.06. The Kier molecular flexibility index (Phi) is 6.04. The van der Waals surface area contributed by atoms with Gasteiger partial charge in [-0.05, 0) is 41.9 Å². The van der Waals surface area contributed by atoms with Crippen LogP contribution < -0.4 is 0 Å². The van der Waals surface area contributed by atoms with Gasteiger partial charge >= 0.3 is 0 Å². The van der Waals surface area contributed by atoms with E-state index in [1.54, 1.807) is 0 Å². The zero-order chi connectivity index (χ0) is 21.4. The summed E-state index contributed by atoms with van der Waals surface area (Å²) in [4.78, 5) is 0. The quantitative estimate of drug-likeness (QED) is 0.526. The molecule has 1 aromatic heterocycles. The highest BCUT2D eigenvalue weighted by Crippen LogP contribution is 2.43. The number of aliphatic hydroxyl groups excluding tert-OH is 1. The second kappa shape index (κ2) is 8.56. The number of benzene rings is 2. The lowest BCUT2D eigenvalue weighted by Gasteiger charge is -2.44. The van der Waals surface area contributed by atoms with Gasteiger partial charge < -0.3 is 14.4 Å². The van der Waals surface area contributed by atoms with Gasteiger partial charge in [-0.3, -0.25) is 0 Å². The number of hydrogen-bond donors (Lipinski definition) is 1. The van der Waals surface area contributed by atoms with E-state index in [1.807, 2.05) is 18.2 Å². The minimum Gasteiger partial charge on any atom is -0.384 e. The first-order valence-corrected chi connectivity index (χ1v) is 11.5. The van der Waals surface area contributed by atoms with Crippen molar-refractivity contribution < 1.29 is 9.84 Å². The van der Waals surface area contributed by atoms with Crippen LogP contribution in [0.5, 0.6) is 0 Å². The summed E-state index contributed by atoms with van der Waals surface area (Å²) in [6, 6.07) is 16.7. The van der Waals surface area contributed by atoms with Crippen LogP contribution in [0.2, 0.25) is 0 Å². The molecule has 2 aromatic carbocycles. The highest BCUT2D eigenvalue weighted by atomic mass is 16.5. The van der Waals surface area contributed by atoms with Gasteiger partial charge in [0, 0.05) is 23.1 Å². The third-order valence-electron chi connectivity index (χ3n) is 7.46. The third kappa shape index (κ3) is 3.59. The zero-order valence-electron chi connectivity index (χ0n) is 18.9. The van der Waals surface area contributed by atoms with Crippen LogP contribution in [-0.2, 0) is 11.2 Å². The minimum atomic E-state index is -0.653. The van der Waals surface area contributed by atoms with Crippen LogP contribution in [0.25, 0.3) is 10.9 Å². The summed E-state index contributed by atoms with van der Waals surface area (Å²) in [5.74, 6) is 1.52. The topological polar surface area (TPSA) is 34.4 Å². The zero-order valence-corrected chi connectivity index (χ0v) is 18.9. The van der Waals surface area contributed by atoms with Crippen LogP contribution in [-0.4, -0.2) is 15.8 Å². The van der Waals surface area contributed by atoms with Gasteiger partial charge in [0.15, 0.2) is 0 Å². The van der Waals surface area contributed by atoms with Gasteiger partial charge in [0.1, 0.15) is 12.3 Å². The van der Waals surface area contributed by atoms with Crippen molar-refractivity contribution >= 4 is 10.9 Å². The molecule has 2 unspecified atom stereocenters. The lowest BCUT2D eigenvalue weighted by Crippen LogP contribution is -2.42. The summed E-state index contributed by atoms with van der Waals surface area (Å²) in [7, 11) is 0. The van der Waals surface area contributed by atoms with Crippen molar-refractivity contribution in [3.63, 3.8) is 0 Å². The van der Waals surface area contributed by atoms with E-state index < -0.39 is 6.10 Å². The van der Waals surface area contributed by atoms with Crippen molar-refractivity contribution in [2.45, 2.75) is 65.9 Å². The Labute approximate surface area is 180 Å². The Morgan fingerprint density at radius 2 is 1.63 bits per heavy atom. The number of aliphatic hydroxyl groups is 1. The van der Waals surface area contributed by atoms with E-state index in [0.29, 0.717) is 17.8 Å². The van der Waals surface area contributed by atoms with Crippen molar-refractivity contribution in [1.29, 1.82) is 0 Å². The molecule has 0 amide bonds. The van der Waals surface area contributed by atoms with Crippen molar-refractivity contribution in [2.24, 2.45) is 17.8 Å². The largest absolute Gasteiger partial charge is 0.384 e. The van der Waals surface area contributed by atoms with Crippen molar-refractivity contribution in [3.05, 3.63) is 71.4 Å². The molecule has 1 N–H and O–H groups in total. The van der Waals surface area contributed by atoms with Crippen molar-refractivity contribution in [1.82, 2.24) is 4.57 Å². The maximum Gasteiger partial charge on any atom is 0.137 e. The summed E-state index contributed by atoms with van der Waals surface area (Å²) in [6.07, 6.45) is 3.74. The molecular weight excluding hydrogens is 370 g/mol. The molecule has 0 aliphatic carbocycles. The molecule has 1 saturated heterocycles. The first-order valence-electron chi connectivity index (χ1n) is 11.5. The fourth-order valence-electron chi connectivity index (χ4n) is 5.07. The molecule has 1 fully saturated rings. The number of para-hydroxylation sites is 1. The van der Waals surface area contributed by atoms with Crippen LogP contribution in [0.4, 0.5) is 0 Å². The maximum absolute atomic E-state index is 11.3. The van der Waals surface area contributed by atoms with Crippen molar-refractivity contribution in [2.75, 3.05) is 0 Å². The number of hydrogen-bond acceptors (Lipinski definition) is 2. The summed E-state index contributed by atoms with van der Waals surface area (Å²) in [6.45, 7) is 11.3. The van der Waals surface area contributed by atoms with Gasteiger partial charge in [0.2, 0.25) is 0 Å². The van der Waals surface area contributed by atoms with Crippen LogP contribution >= 0.6 is 0 Å². The molecule has 3 heteroatoms. The first kappa shape index (κ1) is 21.1. The molecule has 1 aliphatic heterocycles. The number of rotatable bonds is 5. The number of fused-ring (bicyclic) bond motifs is 1. The Morgan fingerprint density at radius 3 is 2.30 bits per heavy atom. The Balaban J connectivity index is 1.77. The Morgan fingerprint density at radius 1 is 0.933 bits per heavy atom. The number of ether oxygens (including phenoxy) is 1. The van der Waals surface area contributed by atoms with E-state index in [1.165, 1.54) is 5.56 Å². The average molecular weight is 406 g/mol. The van der Waals surface area contributed by atoms with E-state index in [0.717, 1.165) is 34.9 Å². The second-order valence-electron chi connectivity index (χ2n) is 9.06. The first-order chi connectivity index (χ1) is 14.5. The molecule has 6 atom stereocenters. The number of aromatic nitrogens is 1. The summed E-state index contributed by atoms with van der Waals surface area (Å²) in [5, 5.41) is 12.4. The summed E-state index contributed by atoms with van der Waals surface area (Å²) >= 11 is 0. The molecule has 30 heavy (non-hydrogen) atoms. The van der Waals surface area contributed by atoms with Gasteiger partial charge in [0.25, 0.3) is 0 Å². The van der Waals surface area contributed by atoms with Crippen LogP contribution in [0, 0.1) is 17.8 Å². The van der Waals surface area contributed by atoms with E-state index in [9.17, 15) is 5.11 Å². The van der Waals surface area contributed by atoms with E-state index >= 15 is 0 Å². The third-order valence-corrected chi connectivity index (χ3v) is 7.46. The van der Waals surface area contributed by atoms with Gasteiger partial charge in [-0.25, -0.2) is 0 Å². The van der Waals surface area contributed by atoms with Gasteiger partial charge in [-0.2, -0.15) is 0 Å². The van der Waals surface area contributed by atoms with E-state index in [-0.39, 0.29) is 12.3 Å². The maximum atomic E-state index is 11.3. The van der Waals surface area contributed by atoms with Crippen LogP contribution in [0.3, 0.4) is 0 Å². The summed E-state index contributed by atoms with van der Waals surface area (Å²) < 4.78 is 8.90. The molecule has 160 valence electrons. The van der Waals surface area contributed by atoms with Gasteiger partial charge in [0.05, 0.1) is 11.6 Å². The smallest absolute Gasteiger partial charge is 0.137 e. The van der Waals surface area contributed by atoms with Gasteiger partial charge in [-0.15, -0.1) is 0 Å². The highest BCUT2D eigenvalue weighted by Gasteiger charge is 2.39. The fraction of sp³-hybridized carbons (Fsp3) is 0.481. The van der Waals surface area contributed by atoms with Crippen LogP contribution in [0.15, 0.2) is 54.7 Å². The molecule has 2 heterocycles. The number of nitrogens with zero attached hydrogens (tertiary/aromatic N) is 1. The molecular formula is C27H35NO2. The standard InChI is InChI=1S/C27H35NO2/c1-6-20-12-14-21(15-13-20)26(29)23-16-28(24-11-9-8-10-22(23)24)27-19(5)17(3)18(4)25(7-2)30-27/h8-19,25-27,29H,6-7H2,1-5H3/t17-,18-,19+,25+,26?,27?/m0/s1. The number of aryl methyl sites for hydroxylation is 1. The average Bonchev–Trinajstić information content (AvgIpc) is 3.17. The molecule has 3 aromatic rings. The predicted octanol–water partition coefficient (Wildman–Crippen LogP) is 6.50. The monoisotopic (exact) mass is 405 g/mol. The summed E-state index contributed by atoms with van der Waals surface area (Å²) in [5.41, 5.74) is 4.29. The molecule has 0 spiro atoms. The lowest BCUT2D eigenvalue weighted by atomic mass is 9.77. The minimum absolute atomic E-state index is 0.0190. The predicted molar refractivity (Wildman–Crippen MR) is 124 cm³/mol. The molecule has 0 bridgehead atoms. The lowest BCUT2D eigenvalue weighted by molar-refractivity contribution is -0.166. The van der Waals surface area contributed by atoms with Crippen LogP contribution in [0.1, 0.15) is 70.1 Å². The normalized spacial score (nSPS) is 28.0. The SMILES string of the molecule is CCc1ccc(C(O)c2cn(C3O[C@H](CC)[C@@H](C)[C@H](C)[C@H]3C)c3ccccc23)cc1. The van der Waals surface area contributed by atoms with Gasteiger partial charge in [-0.1, -0.05) is 77.1 Å². The highest BCUT2D eigenvalue weighted by molar-refractivity contribution is 5.85. The molecule has 0 radical (unpaired) electrons. The van der Waals surface area contributed by atoms with E-state index in [2.05, 4.69) is 75.7 Å². The Bertz CT molecular complexity index is 988.